The zero-order chi connectivity index (χ0) is 14.8. The lowest BCUT2D eigenvalue weighted by Gasteiger charge is -2.07. The Morgan fingerprint density at radius 2 is 2.10 bits per heavy atom. The summed E-state index contributed by atoms with van der Waals surface area (Å²) in [6.07, 6.45) is 3.55. The van der Waals surface area contributed by atoms with E-state index in [0.29, 0.717) is 12.8 Å². The molecule has 108 valence electrons. The van der Waals surface area contributed by atoms with Gasteiger partial charge in [0.05, 0.1) is 0 Å². The summed E-state index contributed by atoms with van der Waals surface area (Å²) in [6, 6.07) is 10.1. The number of allylic oxidation sites excluding steroid dienone is 1. The highest BCUT2D eigenvalue weighted by atomic mass is 79.9. The molecule has 21 heavy (non-hydrogen) atoms. The van der Waals surface area contributed by atoms with Crippen molar-refractivity contribution in [1.82, 2.24) is 0 Å². The van der Waals surface area contributed by atoms with Gasteiger partial charge < -0.3 is 0 Å². The van der Waals surface area contributed by atoms with Gasteiger partial charge >= 0.3 is 0 Å². The summed E-state index contributed by atoms with van der Waals surface area (Å²) in [5.74, 6) is -0.281. The number of hydrogen-bond donors (Lipinski definition) is 0. The minimum atomic E-state index is -0.281. The summed E-state index contributed by atoms with van der Waals surface area (Å²) in [6.45, 7) is 0. The molecule has 0 unspecified atom stereocenters. The average Bonchev–Trinajstić information content (AvgIpc) is 2.92. The van der Waals surface area contributed by atoms with E-state index in [1.54, 1.807) is 17.5 Å². The van der Waals surface area contributed by atoms with Gasteiger partial charge in [-0.05, 0) is 47.9 Å². The molecule has 0 saturated carbocycles. The van der Waals surface area contributed by atoms with E-state index >= 15 is 0 Å². The molecule has 0 aliphatic carbocycles. The van der Waals surface area contributed by atoms with Gasteiger partial charge in [-0.2, -0.15) is 4.39 Å². The highest BCUT2D eigenvalue weighted by molar-refractivity contribution is 9.10. The highest BCUT2D eigenvalue weighted by Gasteiger charge is 2.12. The predicted octanol–water partition coefficient (Wildman–Crippen LogP) is 6.26. The fourth-order valence-electron chi connectivity index (χ4n) is 2.21. The van der Waals surface area contributed by atoms with Crippen LogP contribution < -0.4 is 0 Å². The molecule has 1 nitrogen and oxygen atoms in total. The van der Waals surface area contributed by atoms with E-state index in [2.05, 4.69) is 33.1 Å². The molecule has 0 fully saturated rings. The Bertz CT molecular complexity index is 736. The minimum Gasteiger partial charge on any atom is -0.232 e. The van der Waals surface area contributed by atoms with E-state index < -0.39 is 0 Å². The standard InChI is InChI=1S/C16H12BrClFNS/c17-12-2-4-14(18)11(7-12)8-13-3-5-15(21-13)10-1-6-16(19)20-9-10/h2-5,7,9H,1,6,8H2. The van der Waals surface area contributed by atoms with Crippen LogP contribution >= 0.6 is 38.9 Å². The van der Waals surface area contributed by atoms with Crippen molar-refractivity contribution in [2.75, 3.05) is 0 Å². The topological polar surface area (TPSA) is 12.4 Å². The summed E-state index contributed by atoms with van der Waals surface area (Å²) in [5.41, 5.74) is 2.20. The Morgan fingerprint density at radius 3 is 2.86 bits per heavy atom. The number of benzene rings is 1. The van der Waals surface area contributed by atoms with Crippen LogP contribution in [0.2, 0.25) is 5.02 Å². The van der Waals surface area contributed by atoms with Crippen LogP contribution in [0.1, 0.15) is 28.2 Å². The normalized spacial score (nSPS) is 14.8. The molecule has 3 rings (SSSR count). The second-order valence-corrected chi connectivity index (χ2v) is 7.33. The number of aliphatic imine (C=N–C) groups is 1. The van der Waals surface area contributed by atoms with Crippen molar-refractivity contribution in [3.8, 4) is 0 Å². The number of thiophene rings is 1. The molecule has 0 amide bonds. The maximum atomic E-state index is 12.9. The van der Waals surface area contributed by atoms with Crippen LogP contribution in [0.5, 0.6) is 0 Å². The Hall–Kier alpha value is -0.970. The first-order valence-electron chi connectivity index (χ1n) is 6.56. The van der Waals surface area contributed by atoms with Gasteiger partial charge in [0.2, 0.25) is 0 Å². The van der Waals surface area contributed by atoms with Crippen molar-refractivity contribution >= 4 is 50.4 Å². The van der Waals surface area contributed by atoms with E-state index in [-0.39, 0.29) is 5.97 Å². The van der Waals surface area contributed by atoms with Gasteiger partial charge in [-0.3, -0.25) is 0 Å². The highest BCUT2D eigenvalue weighted by Crippen LogP contribution is 2.32. The van der Waals surface area contributed by atoms with Crippen molar-refractivity contribution in [3.63, 3.8) is 0 Å². The van der Waals surface area contributed by atoms with Crippen LogP contribution in [0.4, 0.5) is 4.39 Å². The first-order chi connectivity index (χ1) is 10.1. The summed E-state index contributed by atoms with van der Waals surface area (Å²) < 4.78 is 14.0. The third-order valence-electron chi connectivity index (χ3n) is 3.31. The summed E-state index contributed by atoms with van der Waals surface area (Å²) in [4.78, 5) is 6.17. The first-order valence-corrected chi connectivity index (χ1v) is 8.55. The van der Waals surface area contributed by atoms with Gasteiger partial charge in [0, 0.05) is 38.3 Å². The van der Waals surface area contributed by atoms with E-state index in [0.717, 1.165) is 31.9 Å². The second kappa shape index (κ2) is 6.42. The largest absolute Gasteiger partial charge is 0.232 e. The molecule has 0 saturated heterocycles. The molecule has 2 heterocycles. The van der Waals surface area contributed by atoms with Gasteiger partial charge in [-0.25, -0.2) is 4.99 Å². The van der Waals surface area contributed by atoms with E-state index in [1.807, 2.05) is 18.2 Å². The van der Waals surface area contributed by atoms with Crippen LogP contribution in [0, 0.1) is 0 Å². The summed E-state index contributed by atoms with van der Waals surface area (Å²) in [7, 11) is 0. The maximum absolute atomic E-state index is 12.9. The summed E-state index contributed by atoms with van der Waals surface area (Å²) >= 11 is 11.4. The summed E-state index contributed by atoms with van der Waals surface area (Å²) in [5, 5.41) is 0.775. The lowest BCUT2D eigenvalue weighted by Crippen LogP contribution is -1.95. The van der Waals surface area contributed by atoms with E-state index in [4.69, 9.17) is 11.6 Å². The van der Waals surface area contributed by atoms with Crippen LogP contribution in [-0.4, -0.2) is 5.97 Å². The molecule has 0 radical (unpaired) electrons. The SMILES string of the molecule is FC1=NC=C(c2ccc(Cc3cc(Br)ccc3Cl)s2)CC1. The Kier molecular flexibility index (Phi) is 4.57. The fourth-order valence-corrected chi connectivity index (χ4v) is 3.87. The van der Waals surface area contributed by atoms with E-state index in [9.17, 15) is 4.39 Å². The average molecular weight is 385 g/mol. The fraction of sp³-hybridized carbons (Fsp3) is 0.188. The van der Waals surface area contributed by atoms with Gasteiger partial charge in [-0.1, -0.05) is 27.5 Å². The van der Waals surface area contributed by atoms with Crippen LogP contribution in [-0.2, 0) is 6.42 Å². The third-order valence-corrected chi connectivity index (χ3v) is 5.33. The molecule has 0 N–H and O–H groups in total. The molecule has 5 heteroatoms. The smallest absolute Gasteiger partial charge is 0.189 e. The van der Waals surface area contributed by atoms with Gasteiger partial charge in [-0.15, -0.1) is 11.3 Å². The zero-order valence-corrected chi connectivity index (χ0v) is 14.2. The molecular formula is C16H12BrClFNS. The number of rotatable bonds is 3. The number of halogens is 3. The lowest BCUT2D eigenvalue weighted by atomic mass is 10.1. The van der Waals surface area contributed by atoms with Crippen molar-refractivity contribution < 1.29 is 4.39 Å². The Morgan fingerprint density at radius 1 is 1.24 bits per heavy atom. The molecule has 1 aromatic heterocycles. The quantitative estimate of drug-likeness (QED) is 0.592. The lowest BCUT2D eigenvalue weighted by molar-refractivity contribution is 0.755. The number of hydrogen-bond acceptors (Lipinski definition) is 2. The molecule has 0 spiro atoms. The van der Waals surface area contributed by atoms with Crippen LogP contribution in [0.3, 0.4) is 0 Å². The zero-order valence-electron chi connectivity index (χ0n) is 11.1. The third kappa shape index (κ3) is 3.62. The van der Waals surface area contributed by atoms with Gasteiger partial charge in [0.25, 0.3) is 0 Å². The van der Waals surface area contributed by atoms with Crippen molar-refractivity contribution in [3.05, 3.63) is 61.3 Å². The first kappa shape index (κ1) is 14.9. The molecule has 1 aromatic carbocycles. The maximum Gasteiger partial charge on any atom is 0.189 e. The minimum absolute atomic E-state index is 0.281. The van der Waals surface area contributed by atoms with Gasteiger partial charge in [0.15, 0.2) is 5.97 Å². The Labute approximate surface area is 140 Å². The predicted molar refractivity (Wildman–Crippen MR) is 92.0 cm³/mol. The Balaban J connectivity index is 1.81. The second-order valence-electron chi connectivity index (χ2n) is 4.84. The van der Waals surface area contributed by atoms with E-state index in [1.165, 1.54) is 4.88 Å². The van der Waals surface area contributed by atoms with Gasteiger partial charge in [0.1, 0.15) is 0 Å². The molecule has 0 bridgehead atoms. The molecule has 1 aliphatic rings. The molecular weight excluding hydrogens is 373 g/mol. The number of nitrogens with zero attached hydrogens (tertiary/aromatic N) is 1. The van der Waals surface area contributed by atoms with Crippen molar-refractivity contribution in [1.29, 1.82) is 0 Å². The molecule has 1 aliphatic heterocycles. The molecule has 2 aromatic rings. The monoisotopic (exact) mass is 383 g/mol. The van der Waals surface area contributed by atoms with Crippen LogP contribution in [0.15, 0.2) is 46.0 Å². The van der Waals surface area contributed by atoms with Crippen molar-refractivity contribution in [2.24, 2.45) is 4.99 Å². The van der Waals surface area contributed by atoms with Crippen molar-refractivity contribution in [2.45, 2.75) is 19.3 Å². The van der Waals surface area contributed by atoms with Crippen LogP contribution in [0.25, 0.3) is 5.57 Å². The molecule has 0 atom stereocenters.